The number of imide groups is 1. The summed E-state index contributed by atoms with van der Waals surface area (Å²) in [5.41, 5.74) is 0.585. The second-order valence-corrected chi connectivity index (χ2v) is 7.21. The molecule has 7 heteroatoms. The molecule has 0 atom stereocenters. The minimum Gasteiger partial charge on any atom is -0.426 e. The molecule has 2 fully saturated rings. The van der Waals surface area contributed by atoms with E-state index < -0.39 is 11.1 Å². The summed E-state index contributed by atoms with van der Waals surface area (Å²) in [6.07, 6.45) is 6.58. The number of thioether (sulfide) groups is 1. The standard InChI is InChI=1S/C17H16ClNO4S/c18-13-9-12(23-16(21)10-4-2-1-3-5-10)7-6-11(13)8-14-15(20)19-17(22)24-14/h6-10H,1-5H2,(H,19,20,22). The summed E-state index contributed by atoms with van der Waals surface area (Å²) < 4.78 is 5.42. The molecular formula is C17H16ClNO4S. The Labute approximate surface area is 148 Å². The lowest BCUT2D eigenvalue weighted by Gasteiger charge is -2.19. The highest BCUT2D eigenvalue weighted by atomic mass is 35.5. The van der Waals surface area contributed by atoms with Gasteiger partial charge in [-0.1, -0.05) is 30.9 Å². The van der Waals surface area contributed by atoms with Crippen LogP contribution in [0.4, 0.5) is 4.79 Å². The topological polar surface area (TPSA) is 72.5 Å². The van der Waals surface area contributed by atoms with Gasteiger partial charge in [-0.3, -0.25) is 19.7 Å². The van der Waals surface area contributed by atoms with E-state index in [4.69, 9.17) is 16.3 Å². The highest BCUT2D eigenvalue weighted by Crippen LogP contribution is 2.31. The van der Waals surface area contributed by atoms with Gasteiger partial charge in [0.05, 0.1) is 15.8 Å². The van der Waals surface area contributed by atoms with Crippen LogP contribution in [0.5, 0.6) is 5.75 Å². The van der Waals surface area contributed by atoms with Crippen molar-refractivity contribution < 1.29 is 19.1 Å². The van der Waals surface area contributed by atoms with E-state index in [1.807, 2.05) is 0 Å². The highest BCUT2D eigenvalue weighted by molar-refractivity contribution is 8.18. The predicted octanol–water partition coefficient (Wildman–Crippen LogP) is 4.15. The van der Waals surface area contributed by atoms with E-state index in [1.165, 1.54) is 6.42 Å². The van der Waals surface area contributed by atoms with Crippen molar-refractivity contribution in [2.24, 2.45) is 5.92 Å². The molecule has 0 spiro atoms. The largest absolute Gasteiger partial charge is 0.426 e. The molecule has 1 saturated heterocycles. The number of hydrogen-bond acceptors (Lipinski definition) is 5. The van der Waals surface area contributed by atoms with Crippen molar-refractivity contribution in [3.05, 3.63) is 33.7 Å². The van der Waals surface area contributed by atoms with E-state index >= 15 is 0 Å². The Morgan fingerprint density at radius 3 is 2.62 bits per heavy atom. The van der Waals surface area contributed by atoms with Crippen LogP contribution in [0.15, 0.2) is 23.1 Å². The van der Waals surface area contributed by atoms with E-state index in [1.54, 1.807) is 24.3 Å². The third-order valence-corrected chi connectivity index (χ3v) is 5.20. The molecule has 3 rings (SSSR count). The molecule has 24 heavy (non-hydrogen) atoms. The summed E-state index contributed by atoms with van der Waals surface area (Å²) in [7, 11) is 0. The van der Waals surface area contributed by atoms with Gasteiger partial charge in [0, 0.05) is 6.07 Å². The van der Waals surface area contributed by atoms with Crippen LogP contribution < -0.4 is 10.1 Å². The van der Waals surface area contributed by atoms with Crippen molar-refractivity contribution >= 4 is 46.6 Å². The van der Waals surface area contributed by atoms with Gasteiger partial charge in [0.2, 0.25) is 0 Å². The minimum absolute atomic E-state index is 0.0380. The highest BCUT2D eigenvalue weighted by Gasteiger charge is 2.26. The average molecular weight is 366 g/mol. The number of amides is 2. The van der Waals surface area contributed by atoms with Gasteiger partial charge in [0.1, 0.15) is 5.75 Å². The second kappa shape index (κ2) is 7.40. The molecule has 0 radical (unpaired) electrons. The zero-order valence-corrected chi connectivity index (χ0v) is 14.4. The molecule has 0 aromatic heterocycles. The van der Waals surface area contributed by atoms with E-state index in [9.17, 15) is 14.4 Å². The molecule has 1 saturated carbocycles. The first-order valence-corrected chi connectivity index (χ1v) is 8.98. The zero-order chi connectivity index (χ0) is 17.1. The molecule has 1 heterocycles. The van der Waals surface area contributed by atoms with Gasteiger partial charge in [-0.15, -0.1) is 0 Å². The normalized spacial score (nSPS) is 20.3. The fraction of sp³-hybridized carbons (Fsp3) is 0.353. The first-order valence-electron chi connectivity index (χ1n) is 7.79. The fourth-order valence-electron chi connectivity index (χ4n) is 2.79. The van der Waals surface area contributed by atoms with Crippen molar-refractivity contribution in [3.63, 3.8) is 0 Å². The number of benzene rings is 1. The smallest absolute Gasteiger partial charge is 0.314 e. The molecule has 0 bridgehead atoms. The summed E-state index contributed by atoms with van der Waals surface area (Å²) in [6, 6.07) is 4.85. The van der Waals surface area contributed by atoms with Crippen LogP contribution in [-0.2, 0) is 9.59 Å². The lowest BCUT2D eigenvalue weighted by atomic mass is 9.89. The zero-order valence-electron chi connectivity index (χ0n) is 12.8. The van der Waals surface area contributed by atoms with Crippen LogP contribution in [-0.4, -0.2) is 17.1 Å². The van der Waals surface area contributed by atoms with Crippen molar-refractivity contribution in [1.82, 2.24) is 5.32 Å². The molecular weight excluding hydrogens is 350 g/mol. The number of ether oxygens (including phenoxy) is 1. The van der Waals surface area contributed by atoms with Gasteiger partial charge in [-0.05, 0) is 48.4 Å². The van der Waals surface area contributed by atoms with Gasteiger partial charge in [-0.2, -0.15) is 0 Å². The summed E-state index contributed by atoms with van der Waals surface area (Å²) in [5.74, 6) is -0.302. The number of rotatable bonds is 3. The Hall–Kier alpha value is -1.79. The van der Waals surface area contributed by atoms with Gasteiger partial charge in [0.15, 0.2) is 0 Å². The lowest BCUT2D eigenvalue weighted by Crippen LogP contribution is -2.22. The summed E-state index contributed by atoms with van der Waals surface area (Å²) in [4.78, 5) is 35.2. The Bertz CT molecular complexity index is 725. The van der Waals surface area contributed by atoms with Crippen molar-refractivity contribution in [1.29, 1.82) is 0 Å². The van der Waals surface area contributed by atoms with Crippen LogP contribution in [0.25, 0.3) is 6.08 Å². The van der Waals surface area contributed by atoms with E-state index in [2.05, 4.69) is 5.32 Å². The van der Waals surface area contributed by atoms with E-state index in [0.29, 0.717) is 16.3 Å². The third-order valence-electron chi connectivity index (χ3n) is 4.06. The van der Waals surface area contributed by atoms with Crippen LogP contribution in [0, 0.1) is 5.92 Å². The Morgan fingerprint density at radius 1 is 1.25 bits per heavy atom. The molecule has 2 amide bonds. The van der Waals surface area contributed by atoms with Crippen LogP contribution in [0.1, 0.15) is 37.7 Å². The average Bonchev–Trinajstić information content (AvgIpc) is 2.88. The number of carbonyl (C=O) groups is 3. The Morgan fingerprint density at radius 2 is 2.00 bits per heavy atom. The monoisotopic (exact) mass is 365 g/mol. The van der Waals surface area contributed by atoms with E-state index in [-0.39, 0.29) is 16.8 Å². The summed E-state index contributed by atoms with van der Waals surface area (Å²) in [6.45, 7) is 0. The third kappa shape index (κ3) is 3.99. The van der Waals surface area contributed by atoms with Gasteiger partial charge < -0.3 is 4.74 Å². The van der Waals surface area contributed by atoms with Gasteiger partial charge >= 0.3 is 5.97 Å². The molecule has 2 aliphatic rings. The van der Waals surface area contributed by atoms with Crippen LogP contribution >= 0.6 is 23.4 Å². The van der Waals surface area contributed by atoms with Crippen molar-refractivity contribution in [3.8, 4) is 5.75 Å². The molecule has 1 aliphatic heterocycles. The SMILES string of the molecule is O=C1NC(=O)C(=Cc2ccc(OC(=O)C3CCCCC3)cc2Cl)S1. The molecule has 126 valence electrons. The molecule has 1 aromatic carbocycles. The maximum Gasteiger partial charge on any atom is 0.314 e. The van der Waals surface area contributed by atoms with Gasteiger partial charge in [0.25, 0.3) is 11.1 Å². The van der Waals surface area contributed by atoms with Gasteiger partial charge in [-0.25, -0.2) is 0 Å². The predicted molar refractivity (Wildman–Crippen MR) is 92.8 cm³/mol. The first-order chi connectivity index (χ1) is 11.5. The molecule has 1 aliphatic carbocycles. The van der Waals surface area contributed by atoms with Crippen molar-refractivity contribution in [2.45, 2.75) is 32.1 Å². The summed E-state index contributed by atoms with van der Waals surface area (Å²) >= 11 is 7.03. The van der Waals surface area contributed by atoms with Crippen LogP contribution in [0.3, 0.4) is 0 Å². The Balaban J connectivity index is 1.70. The number of carbonyl (C=O) groups excluding carboxylic acids is 3. The summed E-state index contributed by atoms with van der Waals surface area (Å²) in [5, 5.41) is 2.13. The van der Waals surface area contributed by atoms with E-state index in [0.717, 1.165) is 37.4 Å². The molecule has 0 unspecified atom stereocenters. The number of esters is 1. The Kier molecular flexibility index (Phi) is 5.26. The number of hydrogen-bond donors (Lipinski definition) is 1. The number of halogens is 1. The fourth-order valence-corrected chi connectivity index (χ4v) is 3.69. The lowest BCUT2D eigenvalue weighted by molar-refractivity contribution is -0.140. The van der Waals surface area contributed by atoms with Crippen molar-refractivity contribution in [2.75, 3.05) is 0 Å². The molecule has 1 aromatic rings. The quantitative estimate of drug-likeness (QED) is 0.495. The maximum absolute atomic E-state index is 12.2. The molecule has 5 nitrogen and oxygen atoms in total. The maximum atomic E-state index is 12.2. The van der Waals surface area contributed by atoms with Crippen LogP contribution in [0.2, 0.25) is 5.02 Å². The second-order valence-electron chi connectivity index (χ2n) is 5.79. The minimum atomic E-state index is -0.436. The molecule has 1 N–H and O–H groups in total. The first kappa shape index (κ1) is 17.0. The number of nitrogens with one attached hydrogen (secondary N) is 1.